The summed E-state index contributed by atoms with van der Waals surface area (Å²) < 4.78 is 13.8. The van der Waals surface area contributed by atoms with E-state index in [1.807, 2.05) is 67.1 Å². The summed E-state index contributed by atoms with van der Waals surface area (Å²) in [6, 6.07) is 15.2. The highest BCUT2D eigenvalue weighted by Gasteiger charge is 2.44. The maximum atomic E-state index is 10.4. The summed E-state index contributed by atoms with van der Waals surface area (Å²) in [5.41, 5.74) is 2.96. The number of piperidine rings is 3. The van der Waals surface area contributed by atoms with Crippen LogP contribution < -0.4 is 15.4 Å². The van der Waals surface area contributed by atoms with Gasteiger partial charge in [-0.2, -0.15) is 15.1 Å². The molecule has 0 spiro atoms. The standard InChI is InChI=1S/C34H39N9O3/c1-4-15-43-31(45-22(2)3)25-11-10-24(19-27(25)40-43)36-33-35-20-26(29(38-33)37-28(21-44)23-8-6-5-7-9-23)30-39-32(41-46-30)34-12-16-42(17-13-34)18-14-34/h4-11,19-20,22,28,44H,1,12-18,21H2,2-3H3,(H2,35,36,37,38). The van der Waals surface area contributed by atoms with E-state index in [4.69, 9.17) is 24.3 Å². The molecule has 12 nitrogen and oxygen atoms in total. The van der Waals surface area contributed by atoms with Crippen molar-refractivity contribution in [2.75, 3.05) is 36.9 Å². The van der Waals surface area contributed by atoms with Crippen LogP contribution in [0, 0.1) is 0 Å². The SMILES string of the molecule is C=CCn1nc2cc(Nc3ncc(-c4nc(C56CCN(CC5)CC6)no4)c(NC(CO)c4ccccc4)n3)ccc2c1OC(C)C. The summed E-state index contributed by atoms with van der Waals surface area (Å²) in [5.74, 6) is 2.63. The third kappa shape index (κ3) is 5.81. The predicted octanol–water partition coefficient (Wildman–Crippen LogP) is 5.48. The molecule has 46 heavy (non-hydrogen) atoms. The smallest absolute Gasteiger partial charge is 0.263 e. The number of hydrogen-bond acceptors (Lipinski definition) is 11. The summed E-state index contributed by atoms with van der Waals surface area (Å²) in [7, 11) is 0. The minimum Gasteiger partial charge on any atom is -0.475 e. The Morgan fingerprint density at radius 3 is 2.59 bits per heavy atom. The van der Waals surface area contributed by atoms with E-state index in [9.17, 15) is 5.11 Å². The van der Waals surface area contributed by atoms with Crippen LogP contribution in [0.1, 0.15) is 50.5 Å². The molecule has 3 N–H and O–H groups in total. The highest BCUT2D eigenvalue weighted by Crippen LogP contribution is 2.42. The molecule has 238 valence electrons. The zero-order chi connectivity index (χ0) is 31.7. The first kappa shape index (κ1) is 29.9. The van der Waals surface area contributed by atoms with Crippen LogP contribution in [0.25, 0.3) is 22.4 Å². The molecule has 0 amide bonds. The van der Waals surface area contributed by atoms with Gasteiger partial charge in [-0.15, -0.1) is 6.58 Å². The number of hydrogen-bond donors (Lipinski definition) is 3. The Morgan fingerprint density at radius 1 is 1.09 bits per heavy atom. The fraction of sp³-hybridized carbons (Fsp3) is 0.382. The molecule has 3 aliphatic rings. The highest BCUT2D eigenvalue weighted by molar-refractivity contribution is 5.87. The van der Waals surface area contributed by atoms with E-state index >= 15 is 0 Å². The van der Waals surface area contributed by atoms with Crippen LogP contribution in [0.3, 0.4) is 0 Å². The normalized spacial score (nSPS) is 19.8. The molecule has 2 aromatic carbocycles. The molecule has 3 aromatic heterocycles. The van der Waals surface area contributed by atoms with E-state index in [1.165, 1.54) is 0 Å². The minimum absolute atomic E-state index is 0.00279. The number of aliphatic hydroxyl groups is 1. The first-order valence-corrected chi connectivity index (χ1v) is 15.9. The number of benzene rings is 2. The Hall–Kier alpha value is -4.81. The van der Waals surface area contributed by atoms with Crippen molar-refractivity contribution in [3.05, 3.63) is 78.8 Å². The van der Waals surface area contributed by atoms with Crippen molar-refractivity contribution in [1.29, 1.82) is 0 Å². The summed E-state index contributed by atoms with van der Waals surface area (Å²) >= 11 is 0. The lowest BCUT2D eigenvalue weighted by Gasteiger charge is -2.46. The fourth-order valence-electron chi connectivity index (χ4n) is 6.41. The lowest BCUT2D eigenvalue weighted by Crippen LogP contribution is -2.51. The maximum absolute atomic E-state index is 10.4. The molecular formula is C34H39N9O3. The molecule has 6 heterocycles. The molecule has 0 radical (unpaired) electrons. The number of nitrogens with zero attached hydrogens (tertiary/aromatic N) is 7. The molecule has 3 saturated heterocycles. The Kier molecular flexibility index (Phi) is 8.14. The van der Waals surface area contributed by atoms with Gasteiger partial charge in [0.05, 0.1) is 36.2 Å². The third-order valence-electron chi connectivity index (χ3n) is 8.93. The van der Waals surface area contributed by atoms with E-state index in [0.29, 0.717) is 35.6 Å². The van der Waals surface area contributed by atoms with Crippen molar-refractivity contribution in [2.24, 2.45) is 0 Å². The molecule has 1 unspecified atom stereocenters. The third-order valence-corrected chi connectivity index (χ3v) is 8.93. The van der Waals surface area contributed by atoms with E-state index in [0.717, 1.165) is 66.9 Å². The Morgan fingerprint density at radius 2 is 1.87 bits per heavy atom. The summed E-state index contributed by atoms with van der Waals surface area (Å²) in [6.07, 6.45) is 6.56. The second-order valence-corrected chi connectivity index (χ2v) is 12.3. The van der Waals surface area contributed by atoms with Gasteiger partial charge >= 0.3 is 0 Å². The van der Waals surface area contributed by atoms with Crippen molar-refractivity contribution in [3.8, 4) is 17.3 Å². The van der Waals surface area contributed by atoms with Gasteiger partial charge in [0.2, 0.25) is 11.8 Å². The lowest BCUT2D eigenvalue weighted by molar-refractivity contribution is 0.0747. The van der Waals surface area contributed by atoms with E-state index in [2.05, 4.69) is 32.3 Å². The number of fused-ring (bicyclic) bond motifs is 4. The maximum Gasteiger partial charge on any atom is 0.263 e. The fourth-order valence-corrected chi connectivity index (χ4v) is 6.41. The number of allylic oxidation sites excluding steroid dienone is 1. The van der Waals surface area contributed by atoms with Crippen LogP contribution in [0.4, 0.5) is 17.5 Å². The van der Waals surface area contributed by atoms with E-state index in [1.54, 1.807) is 12.3 Å². The van der Waals surface area contributed by atoms with Crippen LogP contribution in [0.2, 0.25) is 0 Å². The van der Waals surface area contributed by atoms with Gasteiger partial charge in [-0.3, -0.25) is 0 Å². The molecule has 2 bridgehead atoms. The molecule has 8 rings (SSSR count). The van der Waals surface area contributed by atoms with E-state index < -0.39 is 6.04 Å². The minimum atomic E-state index is -0.420. The Labute approximate surface area is 267 Å². The molecular weight excluding hydrogens is 582 g/mol. The van der Waals surface area contributed by atoms with Crippen molar-refractivity contribution >= 4 is 28.4 Å². The van der Waals surface area contributed by atoms with Gasteiger partial charge in [-0.1, -0.05) is 41.6 Å². The molecule has 12 heteroatoms. The molecule has 0 aliphatic carbocycles. The van der Waals surface area contributed by atoms with Gasteiger partial charge in [0.1, 0.15) is 11.4 Å². The quantitative estimate of drug-likeness (QED) is 0.153. The number of aromatic nitrogens is 6. The molecule has 5 aromatic rings. The number of anilines is 3. The van der Waals surface area contributed by atoms with Gasteiger partial charge in [0, 0.05) is 17.3 Å². The average Bonchev–Trinajstić information content (AvgIpc) is 3.71. The van der Waals surface area contributed by atoms with Crippen LogP contribution in [0.5, 0.6) is 5.88 Å². The van der Waals surface area contributed by atoms with Crippen molar-refractivity contribution in [2.45, 2.75) is 57.2 Å². The lowest BCUT2D eigenvalue weighted by atomic mass is 9.71. The van der Waals surface area contributed by atoms with Gasteiger partial charge in [-0.25, -0.2) is 9.67 Å². The van der Waals surface area contributed by atoms with Crippen LogP contribution in [-0.4, -0.2) is 72.2 Å². The zero-order valence-corrected chi connectivity index (χ0v) is 26.2. The first-order valence-electron chi connectivity index (χ1n) is 15.9. The van der Waals surface area contributed by atoms with Crippen LogP contribution in [0.15, 0.2) is 71.9 Å². The van der Waals surface area contributed by atoms with E-state index in [-0.39, 0.29) is 18.1 Å². The Balaban J connectivity index is 1.22. The molecule has 3 aliphatic heterocycles. The Bertz CT molecular complexity index is 1810. The van der Waals surface area contributed by atoms with Crippen molar-refractivity contribution in [3.63, 3.8) is 0 Å². The van der Waals surface area contributed by atoms with Crippen LogP contribution >= 0.6 is 0 Å². The number of ether oxygens (including phenoxy) is 1. The van der Waals surface area contributed by atoms with Gasteiger partial charge in [0.15, 0.2) is 5.82 Å². The van der Waals surface area contributed by atoms with Crippen LogP contribution in [-0.2, 0) is 12.0 Å². The monoisotopic (exact) mass is 621 g/mol. The van der Waals surface area contributed by atoms with Gasteiger partial charge in [-0.05, 0) is 76.5 Å². The second kappa shape index (κ2) is 12.5. The molecule has 0 saturated carbocycles. The highest BCUT2D eigenvalue weighted by atomic mass is 16.5. The number of nitrogens with one attached hydrogen (secondary N) is 2. The van der Waals surface area contributed by atoms with Gasteiger partial charge < -0.3 is 29.9 Å². The topological polar surface area (TPSA) is 139 Å². The summed E-state index contributed by atoms with van der Waals surface area (Å²) in [6.45, 7) is 11.4. The number of rotatable bonds is 12. The average molecular weight is 622 g/mol. The largest absolute Gasteiger partial charge is 0.475 e. The summed E-state index contributed by atoms with van der Waals surface area (Å²) in [5, 5.41) is 27.2. The van der Waals surface area contributed by atoms with Gasteiger partial charge in [0.25, 0.3) is 5.89 Å². The number of aliphatic hydroxyl groups excluding tert-OH is 1. The molecule has 1 atom stereocenters. The first-order chi connectivity index (χ1) is 22.4. The predicted molar refractivity (Wildman–Crippen MR) is 176 cm³/mol. The molecule has 3 fully saturated rings. The van der Waals surface area contributed by atoms with Crippen molar-refractivity contribution < 1.29 is 14.4 Å². The summed E-state index contributed by atoms with van der Waals surface area (Å²) in [4.78, 5) is 16.9. The van der Waals surface area contributed by atoms with Crippen molar-refractivity contribution in [1.82, 2.24) is 34.8 Å². The second-order valence-electron chi connectivity index (χ2n) is 12.3. The zero-order valence-electron chi connectivity index (χ0n) is 26.2.